The van der Waals surface area contributed by atoms with Gasteiger partial charge in [-0.05, 0) is 60.8 Å². The molecule has 2 unspecified atom stereocenters. The molecule has 0 saturated carbocycles. The Morgan fingerprint density at radius 1 is 0.262 bits per heavy atom. The maximum Gasteiger partial charge on any atom is 0.130 e. The van der Waals surface area contributed by atoms with Crippen molar-refractivity contribution in [2.75, 3.05) is 0 Å². The molecule has 0 fully saturated rings. The zero-order valence-electron chi connectivity index (χ0n) is 41.9. The first-order chi connectivity index (χ1) is 30.2. The molecule has 0 aliphatic rings. The molecule has 2 rings (SSSR count). The highest BCUT2D eigenvalue weighted by Crippen LogP contribution is 2.41. The number of hydrogen-bond donors (Lipinski definition) is 0. The largest absolute Gasteiger partial charge is 0.457 e. The van der Waals surface area contributed by atoms with Gasteiger partial charge in [0, 0.05) is 0 Å². The van der Waals surface area contributed by atoms with Crippen LogP contribution >= 0.6 is 0 Å². The van der Waals surface area contributed by atoms with Crippen LogP contribution in [-0.2, 0) is 0 Å². The van der Waals surface area contributed by atoms with Gasteiger partial charge in [0.1, 0.15) is 11.5 Å². The summed E-state index contributed by atoms with van der Waals surface area (Å²) >= 11 is 0. The molecular formula is C60H106O. The molecule has 0 spiro atoms. The molecule has 0 radical (unpaired) electrons. The molecule has 0 saturated heterocycles. The second kappa shape index (κ2) is 42.2. The smallest absolute Gasteiger partial charge is 0.130 e. The number of ether oxygens (including phenoxy) is 1. The molecule has 2 atom stereocenters. The minimum atomic E-state index is 0.589. The van der Waals surface area contributed by atoms with Gasteiger partial charge in [0.05, 0.1) is 0 Å². The minimum absolute atomic E-state index is 0.589. The summed E-state index contributed by atoms with van der Waals surface area (Å²) in [5.74, 6) is 3.44. The van der Waals surface area contributed by atoms with Gasteiger partial charge in [-0.3, -0.25) is 0 Å². The zero-order valence-corrected chi connectivity index (χ0v) is 41.9. The van der Waals surface area contributed by atoms with Crippen LogP contribution in [0.4, 0.5) is 0 Å². The predicted octanol–water partition coefficient (Wildman–Crippen LogP) is 22.1. The van der Waals surface area contributed by atoms with Gasteiger partial charge >= 0.3 is 0 Å². The summed E-state index contributed by atoms with van der Waals surface area (Å²) in [6.45, 7) is 9.29. The fourth-order valence-electron chi connectivity index (χ4n) is 10.0. The Morgan fingerprint density at radius 3 is 0.689 bits per heavy atom. The lowest BCUT2D eigenvalue weighted by Gasteiger charge is -2.24. The summed E-state index contributed by atoms with van der Waals surface area (Å²) in [7, 11) is 0. The van der Waals surface area contributed by atoms with Crippen LogP contribution in [0.3, 0.4) is 0 Å². The van der Waals surface area contributed by atoms with Gasteiger partial charge in [0.15, 0.2) is 0 Å². The molecule has 0 aliphatic heterocycles. The summed E-state index contributed by atoms with van der Waals surface area (Å²) in [5.41, 5.74) is 2.94. The Morgan fingerprint density at radius 2 is 0.459 bits per heavy atom. The van der Waals surface area contributed by atoms with Gasteiger partial charge in [0.25, 0.3) is 0 Å². The number of hydrogen-bond acceptors (Lipinski definition) is 1. The molecule has 0 amide bonds. The Bertz CT molecular complexity index is 1090. The summed E-state index contributed by atoms with van der Waals surface area (Å²) in [5, 5.41) is 0. The van der Waals surface area contributed by atoms with E-state index in [-0.39, 0.29) is 0 Å². The Balaban J connectivity index is 2.10. The topological polar surface area (TPSA) is 9.23 Å². The van der Waals surface area contributed by atoms with Gasteiger partial charge in [-0.2, -0.15) is 0 Å². The zero-order chi connectivity index (χ0) is 43.5. The van der Waals surface area contributed by atoms with Crippen molar-refractivity contribution in [1.82, 2.24) is 0 Å². The Hall–Kier alpha value is -1.76. The molecule has 1 nitrogen and oxygen atoms in total. The second-order valence-electron chi connectivity index (χ2n) is 19.7. The first-order valence-corrected chi connectivity index (χ1v) is 28.1. The van der Waals surface area contributed by atoms with E-state index in [4.69, 9.17) is 4.74 Å². The van der Waals surface area contributed by atoms with E-state index in [9.17, 15) is 0 Å². The van der Waals surface area contributed by atoms with Gasteiger partial charge in [-0.25, -0.2) is 0 Å². The highest BCUT2D eigenvalue weighted by atomic mass is 16.5. The van der Waals surface area contributed by atoms with E-state index in [0.717, 1.165) is 11.5 Å². The third-order valence-electron chi connectivity index (χ3n) is 14.1. The van der Waals surface area contributed by atoms with Gasteiger partial charge < -0.3 is 4.74 Å². The van der Waals surface area contributed by atoms with Gasteiger partial charge in [-0.15, -0.1) is 0 Å². The van der Waals surface area contributed by atoms with Crippen LogP contribution in [0.15, 0.2) is 48.5 Å². The Labute approximate surface area is 383 Å². The minimum Gasteiger partial charge on any atom is -0.457 e. The third kappa shape index (κ3) is 30.1. The monoisotopic (exact) mass is 843 g/mol. The van der Waals surface area contributed by atoms with Crippen molar-refractivity contribution in [1.29, 1.82) is 0 Å². The maximum atomic E-state index is 7.19. The van der Waals surface area contributed by atoms with E-state index >= 15 is 0 Å². The number of rotatable bonds is 46. The molecule has 61 heavy (non-hydrogen) atoms. The van der Waals surface area contributed by atoms with Crippen LogP contribution in [0.5, 0.6) is 11.5 Å². The van der Waals surface area contributed by atoms with Crippen LogP contribution in [-0.4, -0.2) is 0 Å². The first-order valence-electron chi connectivity index (χ1n) is 28.1. The molecule has 2 aromatic carbocycles. The van der Waals surface area contributed by atoms with Crippen LogP contribution in [0.1, 0.15) is 320 Å². The summed E-state index contributed by atoms with van der Waals surface area (Å²) in [6.07, 6.45) is 58.5. The highest BCUT2D eigenvalue weighted by Gasteiger charge is 2.20. The van der Waals surface area contributed by atoms with Crippen LogP contribution < -0.4 is 4.74 Å². The van der Waals surface area contributed by atoms with Crippen molar-refractivity contribution in [2.24, 2.45) is 0 Å². The predicted molar refractivity (Wildman–Crippen MR) is 275 cm³/mol. The molecular weight excluding hydrogens is 737 g/mol. The van der Waals surface area contributed by atoms with E-state index in [1.807, 2.05) is 0 Å². The molecule has 0 aromatic heterocycles. The van der Waals surface area contributed by atoms with Crippen molar-refractivity contribution >= 4 is 0 Å². The molecule has 1 heteroatoms. The maximum absolute atomic E-state index is 7.19. The second-order valence-corrected chi connectivity index (χ2v) is 19.7. The third-order valence-corrected chi connectivity index (χ3v) is 14.1. The SMILES string of the molecule is CCCCCCCCCCCCC(CCCCCCCCCCC)c1ccccc1Oc1ccccc1C(CCCCCCCCCCC)CCCCCCCCCCCC. The molecule has 0 aliphatic carbocycles. The summed E-state index contributed by atoms with van der Waals surface area (Å²) in [6, 6.07) is 18.5. The quantitative estimate of drug-likeness (QED) is 0.0604. The summed E-state index contributed by atoms with van der Waals surface area (Å²) in [4.78, 5) is 0. The number of unbranched alkanes of at least 4 members (excludes halogenated alkanes) is 34. The van der Waals surface area contributed by atoms with Crippen LogP contribution in [0.25, 0.3) is 0 Å². The van der Waals surface area contributed by atoms with E-state index in [0.29, 0.717) is 11.8 Å². The van der Waals surface area contributed by atoms with Crippen LogP contribution in [0.2, 0.25) is 0 Å². The Kier molecular flexibility index (Phi) is 38.3. The number of benzene rings is 2. The van der Waals surface area contributed by atoms with Crippen molar-refractivity contribution in [3.63, 3.8) is 0 Å². The van der Waals surface area contributed by atoms with E-state index in [2.05, 4.69) is 76.2 Å². The highest BCUT2D eigenvalue weighted by molar-refractivity contribution is 5.44. The van der Waals surface area contributed by atoms with Crippen molar-refractivity contribution in [3.8, 4) is 11.5 Å². The fraction of sp³-hybridized carbons (Fsp3) is 0.800. The molecule has 2 aromatic rings. The average molecular weight is 844 g/mol. The lowest BCUT2D eigenvalue weighted by molar-refractivity contribution is 0.427. The molecule has 352 valence electrons. The van der Waals surface area contributed by atoms with E-state index < -0.39 is 0 Å². The average Bonchev–Trinajstić information content (AvgIpc) is 3.28. The first kappa shape index (κ1) is 55.4. The summed E-state index contributed by atoms with van der Waals surface area (Å²) < 4.78 is 7.19. The lowest BCUT2D eigenvalue weighted by atomic mass is 9.86. The fourth-order valence-corrected chi connectivity index (χ4v) is 10.0. The lowest BCUT2D eigenvalue weighted by Crippen LogP contribution is -2.05. The van der Waals surface area contributed by atoms with Crippen molar-refractivity contribution < 1.29 is 4.74 Å². The molecule has 0 bridgehead atoms. The van der Waals surface area contributed by atoms with E-state index in [1.54, 1.807) is 0 Å². The van der Waals surface area contributed by atoms with Crippen molar-refractivity contribution in [3.05, 3.63) is 59.7 Å². The van der Waals surface area contributed by atoms with Gasteiger partial charge in [0.2, 0.25) is 0 Å². The molecule has 0 heterocycles. The van der Waals surface area contributed by atoms with Crippen LogP contribution in [0, 0.1) is 0 Å². The van der Waals surface area contributed by atoms with E-state index in [1.165, 1.54) is 281 Å². The normalized spacial score (nSPS) is 12.6. The standard InChI is InChI=1S/C60H106O/c1-5-9-13-17-21-25-29-33-37-41-49-55(47-39-35-31-27-23-19-15-11-7-3)57-51-43-45-53-59(57)61-60-54-46-44-52-58(60)56(48-40-36-32-28-24-20-16-12-8-4)50-42-38-34-30-26-22-18-14-10-6-2/h43-46,51-56H,5-42,47-50H2,1-4H3. The van der Waals surface area contributed by atoms with Gasteiger partial charge in [-0.1, -0.05) is 308 Å². The van der Waals surface area contributed by atoms with Crippen molar-refractivity contribution in [2.45, 2.75) is 309 Å². The number of para-hydroxylation sites is 2. The molecule has 0 N–H and O–H groups in total.